The lowest BCUT2D eigenvalue weighted by atomic mass is 9.97. The smallest absolute Gasteiger partial charge is 0.126 e. The summed E-state index contributed by atoms with van der Waals surface area (Å²) in [6.45, 7) is 1.13. The molecule has 4 atom stereocenters. The molecule has 2 aliphatic heterocycles. The summed E-state index contributed by atoms with van der Waals surface area (Å²) in [6, 6.07) is 18.8. The highest BCUT2D eigenvalue weighted by Gasteiger charge is 2.32. The monoisotopic (exact) mass is 531 g/mol. The Labute approximate surface area is 222 Å². The fourth-order valence-electron chi connectivity index (χ4n) is 5.11. The molecule has 2 aliphatic rings. The van der Waals surface area contributed by atoms with Crippen LogP contribution in [0.15, 0.2) is 66.7 Å². The molecule has 0 saturated carbocycles. The first kappa shape index (κ1) is 27.3. The van der Waals surface area contributed by atoms with Gasteiger partial charge in [0.25, 0.3) is 0 Å². The molecule has 0 spiro atoms. The van der Waals surface area contributed by atoms with Crippen molar-refractivity contribution in [3.8, 4) is 11.5 Å². The molecule has 0 saturated heterocycles. The molecular formula is C29H32ClF2NO4. The van der Waals surface area contributed by atoms with Crippen LogP contribution in [-0.4, -0.2) is 52.6 Å². The summed E-state index contributed by atoms with van der Waals surface area (Å²) in [4.78, 5) is 2.01. The average molecular weight is 532 g/mol. The van der Waals surface area contributed by atoms with Crippen molar-refractivity contribution in [2.45, 2.75) is 56.6 Å². The zero-order valence-electron chi connectivity index (χ0n) is 20.4. The number of ether oxygens (including phenoxy) is 2. The Morgan fingerprint density at radius 2 is 1.24 bits per heavy atom. The molecule has 0 radical (unpaired) electrons. The molecule has 198 valence electrons. The van der Waals surface area contributed by atoms with Gasteiger partial charge in [-0.2, -0.15) is 0 Å². The second-order valence-electron chi connectivity index (χ2n) is 9.71. The highest BCUT2D eigenvalue weighted by Crippen LogP contribution is 2.31. The van der Waals surface area contributed by atoms with E-state index in [-0.39, 0.29) is 24.0 Å². The van der Waals surface area contributed by atoms with Crippen LogP contribution in [0.4, 0.5) is 8.78 Å². The Morgan fingerprint density at radius 1 is 0.757 bits per heavy atom. The maximum atomic E-state index is 13.5. The van der Waals surface area contributed by atoms with Crippen molar-refractivity contribution in [1.82, 2.24) is 4.90 Å². The molecule has 3 aromatic rings. The van der Waals surface area contributed by atoms with Crippen molar-refractivity contribution >= 4 is 12.4 Å². The first-order chi connectivity index (χ1) is 17.4. The topological polar surface area (TPSA) is 62.2 Å². The summed E-state index contributed by atoms with van der Waals surface area (Å²) in [7, 11) is 0. The Morgan fingerprint density at radius 3 is 1.73 bits per heavy atom. The number of rotatable bonds is 8. The van der Waals surface area contributed by atoms with Gasteiger partial charge in [-0.25, -0.2) is 8.78 Å². The Bertz CT molecular complexity index is 1110. The lowest BCUT2D eigenvalue weighted by Gasteiger charge is -2.35. The van der Waals surface area contributed by atoms with E-state index >= 15 is 0 Å². The lowest BCUT2D eigenvalue weighted by Crippen LogP contribution is -2.48. The summed E-state index contributed by atoms with van der Waals surface area (Å²) >= 11 is 0. The SMILES string of the molecule is Cl.O[C@H](CN(Cc1ccccc1)C[C@H](O)[C@@H]1CCc2cc(F)ccc2O1)[C@@H]1CCc2cc(F)ccc2O1. The molecule has 0 bridgehead atoms. The van der Waals surface area contributed by atoms with Crippen molar-refractivity contribution in [2.75, 3.05) is 13.1 Å². The third kappa shape index (κ3) is 6.79. The van der Waals surface area contributed by atoms with E-state index in [9.17, 15) is 19.0 Å². The van der Waals surface area contributed by atoms with Crippen LogP contribution in [0, 0.1) is 11.6 Å². The minimum absolute atomic E-state index is 0. The quantitative estimate of drug-likeness (QED) is 0.441. The fourth-order valence-corrected chi connectivity index (χ4v) is 5.11. The molecule has 2 N–H and O–H groups in total. The van der Waals surface area contributed by atoms with Gasteiger partial charge in [-0.3, -0.25) is 4.90 Å². The molecule has 0 fully saturated rings. The van der Waals surface area contributed by atoms with E-state index in [1.165, 1.54) is 24.3 Å². The molecule has 0 aromatic heterocycles. The number of benzene rings is 3. The van der Waals surface area contributed by atoms with Crippen LogP contribution in [0.3, 0.4) is 0 Å². The molecule has 2 heterocycles. The van der Waals surface area contributed by atoms with Crippen molar-refractivity contribution in [3.05, 3.63) is 95.1 Å². The third-order valence-corrected chi connectivity index (χ3v) is 7.00. The standard InChI is InChI=1S/C29H31F2NO4.ClH/c30-22-8-12-26-20(14-22)6-10-28(35-26)24(33)17-32(16-19-4-2-1-3-5-19)18-25(34)29-11-7-21-15-23(31)9-13-27(21)36-29;/h1-5,8-9,12-15,24-25,28-29,33-34H,6-7,10-11,16-18H2;1H/t24-,25+,28-,29-;/m0./s1. The Balaban J connectivity index is 0.00000320. The van der Waals surface area contributed by atoms with E-state index in [4.69, 9.17) is 9.47 Å². The van der Waals surface area contributed by atoms with Crippen molar-refractivity contribution in [2.24, 2.45) is 0 Å². The van der Waals surface area contributed by atoms with Crippen molar-refractivity contribution in [1.29, 1.82) is 0 Å². The predicted octanol–water partition coefficient (Wildman–Crippen LogP) is 4.70. The van der Waals surface area contributed by atoms with Crippen LogP contribution in [0.2, 0.25) is 0 Å². The lowest BCUT2D eigenvalue weighted by molar-refractivity contribution is -0.0295. The highest BCUT2D eigenvalue weighted by molar-refractivity contribution is 5.85. The van der Waals surface area contributed by atoms with E-state index in [0.29, 0.717) is 56.8 Å². The number of hydrogen-bond acceptors (Lipinski definition) is 5. The average Bonchev–Trinajstić information content (AvgIpc) is 2.88. The summed E-state index contributed by atoms with van der Waals surface area (Å²) in [5.41, 5.74) is 2.68. The molecule has 5 rings (SSSR count). The second-order valence-corrected chi connectivity index (χ2v) is 9.71. The number of hydrogen-bond donors (Lipinski definition) is 2. The molecule has 37 heavy (non-hydrogen) atoms. The number of aliphatic hydroxyl groups excluding tert-OH is 2. The van der Waals surface area contributed by atoms with E-state index in [0.717, 1.165) is 16.7 Å². The number of nitrogens with zero attached hydrogens (tertiary/aromatic N) is 1. The molecule has 0 aliphatic carbocycles. The number of aryl methyl sites for hydroxylation is 2. The predicted molar refractivity (Wildman–Crippen MR) is 139 cm³/mol. The van der Waals surface area contributed by atoms with Gasteiger partial charge >= 0.3 is 0 Å². The van der Waals surface area contributed by atoms with Gasteiger partial charge in [0.05, 0.1) is 0 Å². The summed E-state index contributed by atoms with van der Waals surface area (Å²) < 4.78 is 39.1. The van der Waals surface area contributed by atoms with Gasteiger partial charge in [-0.1, -0.05) is 30.3 Å². The molecule has 0 amide bonds. The van der Waals surface area contributed by atoms with E-state index in [1.54, 1.807) is 12.1 Å². The van der Waals surface area contributed by atoms with Crippen molar-refractivity contribution in [3.63, 3.8) is 0 Å². The van der Waals surface area contributed by atoms with Gasteiger partial charge in [0.2, 0.25) is 0 Å². The van der Waals surface area contributed by atoms with Crippen molar-refractivity contribution < 1.29 is 28.5 Å². The minimum atomic E-state index is -0.796. The molecule has 3 aromatic carbocycles. The second kappa shape index (κ2) is 12.2. The van der Waals surface area contributed by atoms with E-state index in [2.05, 4.69) is 0 Å². The van der Waals surface area contributed by atoms with E-state index in [1.807, 2.05) is 35.2 Å². The number of halogens is 3. The maximum absolute atomic E-state index is 13.5. The van der Waals surface area contributed by atoms with Crippen LogP contribution < -0.4 is 9.47 Å². The largest absolute Gasteiger partial charge is 0.487 e. The van der Waals surface area contributed by atoms with Crippen LogP contribution in [0.1, 0.15) is 29.5 Å². The van der Waals surface area contributed by atoms with Crippen LogP contribution in [0.5, 0.6) is 11.5 Å². The molecule has 8 heteroatoms. The van der Waals surface area contributed by atoms with Gasteiger partial charge in [-0.05, 0) is 78.8 Å². The third-order valence-electron chi connectivity index (χ3n) is 7.00. The van der Waals surface area contributed by atoms with Crippen LogP contribution in [-0.2, 0) is 19.4 Å². The highest BCUT2D eigenvalue weighted by atomic mass is 35.5. The summed E-state index contributed by atoms with van der Waals surface area (Å²) in [6.07, 6.45) is -0.0167. The molecule has 0 unspecified atom stereocenters. The minimum Gasteiger partial charge on any atom is -0.487 e. The molecule has 5 nitrogen and oxygen atoms in total. The van der Waals surface area contributed by atoms with Gasteiger partial charge in [0.1, 0.15) is 47.5 Å². The number of aliphatic hydroxyl groups is 2. The van der Waals surface area contributed by atoms with Gasteiger partial charge in [0, 0.05) is 19.6 Å². The van der Waals surface area contributed by atoms with Crippen LogP contribution in [0.25, 0.3) is 0 Å². The number of fused-ring (bicyclic) bond motifs is 2. The summed E-state index contributed by atoms with van der Waals surface area (Å²) in [5.74, 6) is 0.619. The maximum Gasteiger partial charge on any atom is 0.126 e. The summed E-state index contributed by atoms with van der Waals surface area (Å²) in [5, 5.41) is 22.2. The van der Waals surface area contributed by atoms with Gasteiger partial charge < -0.3 is 19.7 Å². The zero-order chi connectivity index (χ0) is 25.1. The fraction of sp³-hybridized carbons (Fsp3) is 0.379. The Hall–Kier alpha value is -2.71. The van der Waals surface area contributed by atoms with Gasteiger partial charge in [-0.15, -0.1) is 12.4 Å². The Kier molecular flexibility index (Phi) is 9.03. The normalized spacial score (nSPS) is 20.0. The zero-order valence-corrected chi connectivity index (χ0v) is 21.2. The van der Waals surface area contributed by atoms with E-state index < -0.39 is 24.4 Å². The first-order valence-corrected chi connectivity index (χ1v) is 12.5. The molecular weight excluding hydrogens is 500 g/mol. The van der Waals surface area contributed by atoms with Crippen LogP contribution >= 0.6 is 12.4 Å². The van der Waals surface area contributed by atoms with Gasteiger partial charge in [0.15, 0.2) is 0 Å². The first-order valence-electron chi connectivity index (χ1n) is 12.5.